The largest absolute Gasteiger partial charge is 0.339 e. The van der Waals surface area contributed by atoms with Crippen molar-refractivity contribution in [3.63, 3.8) is 0 Å². The predicted molar refractivity (Wildman–Crippen MR) is 132 cm³/mol. The topological polar surface area (TPSA) is 78.9 Å². The van der Waals surface area contributed by atoms with Gasteiger partial charge in [-0.2, -0.15) is 4.98 Å². The number of benzene rings is 1. The van der Waals surface area contributed by atoms with Crippen molar-refractivity contribution in [1.29, 1.82) is 0 Å². The van der Waals surface area contributed by atoms with E-state index >= 15 is 0 Å². The summed E-state index contributed by atoms with van der Waals surface area (Å²) >= 11 is 8.11. The number of carbonyl (C=O) groups excluding carboxylic acids is 1. The third-order valence-corrected chi connectivity index (χ3v) is 6.97. The number of hydrogen-bond donors (Lipinski definition) is 3. The van der Waals surface area contributed by atoms with Crippen molar-refractivity contribution < 1.29 is 4.79 Å². The number of aromatic nitrogens is 2. The van der Waals surface area contributed by atoms with E-state index in [0.29, 0.717) is 29.1 Å². The number of thioether (sulfide) groups is 1. The number of hydrogen-bond acceptors (Lipinski definition) is 6. The molecule has 1 aromatic carbocycles. The van der Waals surface area contributed by atoms with Crippen molar-refractivity contribution in [3.8, 4) is 0 Å². The first kappa shape index (κ1) is 21.1. The highest BCUT2D eigenvalue weighted by molar-refractivity contribution is 8.02. The molecule has 1 aromatic heterocycles. The zero-order chi connectivity index (χ0) is 21.9. The zero-order valence-corrected chi connectivity index (χ0v) is 19.1. The first-order valence-corrected chi connectivity index (χ1v) is 12.2. The average Bonchev–Trinajstić information content (AvgIpc) is 3.29. The summed E-state index contributed by atoms with van der Waals surface area (Å²) in [4.78, 5) is 21.5. The molecule has 0 spiro atoms. The quantitative estimate of drug-likeness (QED) is 0.512. The van der Waals surface area contributed by atoms with Crippen molar-refractivity contribution in [2.75, 3.05) is 21.7 Å². The van der Waals surface area contributed by atoms with E-state index in [1.54, 1.807) is 18.0 Å². The fraction of sp³-hybridized carbons (Fsp3) is 0.292. The van der Waals surface area contributed by atoms with Crippen molar-refractivity contribution in [3.05, 3.63) is 69.9 Å². The van der Waals surface area contributed by atoms with Gasteiger partial charge >= 0.3 is 0 Å². The van der Waals surface area contributed by atoms with Crippen LogP contribution in [0.1, 0.15) is 31.2 Å². The summed E-state index contributed by atoms with van der Waals surface area (Å²) in [5.41, 5.74) is 5.18. The van der Waals surface area contributed by atoms with Gasteiger partial charge < -0.3 is 16.0 Å². The van der Waals surface area contributed by atoms with E-state index in [1.807, 2.05) is 12.1 Å². The van der Waals surface area contributed by atoms with E-state index < -0.39 is 0 Å². The summed E-state index contributed by atoms with van der Waals surface area (Å²) < 4.78 is 0. The predicted octanol–water partition coefficient (Wildman–Crippen LogP) is 6.04. The van der Waals surface area contributed by atoms with Crippen molar-refractivity contribution >= 4 is 52.4 Å². The molecule has 3 N–H and O–H groups in total. The Hall–Kier alpha value is -2.77. The van der Waals surface area contributed by atoms with Crippen LogP contribution in [0.15, 0.2) is 59.3 Å². The molecule has 0 radical (unpaired) electrons. The fourth-order valence-corrected chi connectivity index (χ4v) is 5.14. The van der Waals surface area contributed by atoms with Gasteiger partial charge in [0.05, 0.1) is 6.20 Å². The molecule has 8 heteroatoms. The number of anilines is 4. The SMILES string of the molecule is O=C(CC1C=CSC1)Nc1ccc2cc1CCC1=CCCC(=C1)Nc1ncc(Cl)c(n1)N2. The Bertz CT molecular complexity index is 1140. The first-order chi connectivity index (χ1) is 15.6. The van der Waals surface area contributed by atoms with E-state index in [-0.39, 0.29) is 5.91 Å². The lowest BCUT2D eigenvalue weighted by atomic mass is 9.97. The van der Waals surface area contributed by atoms with Gasteiger partial charge in [0.25, 0.3) is 0 Å². The number of halogens is 1. The Kier molecular flexibility index (Phi) is 6.19. The van der Waals surface area contributed by atoms with E-state index in [0.717, 1.165) is 54.1 Å². The van der Waals surface area contributed by atoms with Crippen LogP contribution < -0.4 is 16.0 Å². The van der Waals surface area contributed by atoms with E-state index in [9.17, 15) is 4.79 Å². The first-order valence-electron chi connectivity index (χ1n) is 10.8. The zero-order valence-electron chi connectivity index (χ0n) is 17.5. The average molecular weight is 466 g/mol. The Morgan fingerprint density at radius 1 is 1.25 bits per heavy atom. The molecule has 5 rings (SSSR count). The van der Waals surface area contributed by atoms with Crippen LogP contribution in [-0.2, 0) is 11.2 Å². The summed E-state index contributed by atoms with van der Waals surface area (Å²) in [5, 5.41) is 12.3. The molecule has 32 heavy (non-hydrogen) atoms. The molecule has 1 unspecified atom stereocenters. The smallest absolute Gasteiger partial charge is 0.228 e. The van der Waals surface area contributed by atoms with Gasteiger partial charge in [0.15, 0.2) is 5.82 Å². The Morgan fingerprint density at radius 3 is 3.06 bits per heavy atom. The molecule has 3 aliphatic rings. The number of carbonyl (C=O) groups is 1. The number of rotatable bonds is 3. The molecular formula is C24H24ClN5OS. The Labute approximate surface area is 196 Å². The van der Waals surface area contributed by atoms with Gasteiger partial charge in [-0.25, -0.2) is 4.98 Å². The lowest BCUT2D eigenvalue weighted by Gasteiger charge is -2.16. The van der Waals surface area contributed by atoms with Crippen LogP contribution in [0.4, 0.5) is 23.1 Å². The molecule has 1 amide bonds. The lowest BCUT2D eigenvalue weighted by molar-refractivity contribution is -0.116. The fourth-order valence-electron chi connectivity index (χ4n) is 4.08. The summed E-state index contributed by atoms with van der Waals surface area (Å²) in [5.74, 6) is 2.40. The molecule has 1 aliphatic carbocycles. The minimum atomic E-state index is 0.0498. The second-order valence-corrected chi connectivity index (χ2v) is 9.52. The van der Waals surface area contributed by atoms with E-state index in [1.165, 1.54) is 5.57 Å². The maximum Gasteiger partial charge on any atom is 0.228 e. The van der Waals surface area contributed by atoms with Gasteiger partial charge in [0, 0.05) is 29.2 Å². The molecule has 0 saturated carbocycles. The van der Waals surface area contributed by atoms with Crippen molar-refractivity contribution in [1.82, 2.24) is 9.97 Å². The van der Waals surface area contributed by atoms with Crippen LogP contribution in [0.25, 0.3) is 0 Å². The number of nitrogens with one attached hydrogen (secondary N) is 3. The number of amides is 1. The normalized spacial score (nSPS) is 19.3. The third kappa shape index (κ3) is 5.00. The van der Waals surface area contributed by atoms with Crippen LogP contribution in [0.3, 0.4) is 0 Å². The number of allylic oxidation sites excluding steroid dienone is 5. The lowest BCUT2D eigenvalue weighted by Crippen LogP contribution is -2.17. The molecular weight excluding hydrogens is 442 g/mol. The highest BCUT2D eigenvalue weighted by Crippen LogP contribution is 2.31. The molecule has 2 aromatic rings. The molecule has 6 nitrogen and oxygen atoms in total. The standard InChI is InChI=1S/C24H24ClN5OS/c25-20-13-26-24-28-18-3-1-2-15(10-18)4-5-17-12-19(27-23(20)30-24)6-7-21(17)29-22(31)11-16-8-9-32-14-16/h2,6-10,12-13,16H,1,3-5,11,14H2,(H,29,31)(H2,26,27,28,30). The van der Waals surface area contributed by atoms with E-state index in [4.69, 9.17) is 11.6 Å². The molecule has 0 saturated heterocycles. The Morgan fingerprint density at radius 2 is 2.19 bits per heavy atom. The van der Waals surface area contributed by atoms with Crippen LogP contribution in [0, 0.1) is 5.92 Å². The molecule has 6 bridgehead atoms. The van der Waals surface area contributed by atoms with Crippen LogP contribution in [0.2, 0.25) is 5.02 Å². The van der Waals surface area contributed by atoms with Crippen molar-refractivity contribution in [2.24, 2.45) is 5.92 Å². The number of nitrogens with zero attached hydrogens (tertiary/aromatic N) is 2. The minimum Gasteiger partial charge on any atom is -0.339 e. The van der Waals surface area contributed by atoms with Gasteiger partial charge in [0.1, 0.15) is 5.02 Å². The highest BCUT2D eigenvalue weighted by Gasteiger charge is 2.17. The molecule has 1 atom stereocenters. The van der Waals surface area contributed by atoms with Gasteiger partial charge in [-0.15, -0.1) is 11.8 Å². The summed E-state index contributed by atoms with van der Waals surface area (Å²) in [6, 6.07) is 5.96. The second-order valence-electron chi connectivity index (χ2n) is 8.17. The Balaban J connectivity index is 1.45. The maximum absolute atomic E-state index is 12.7. The van der Waals surface area contributed by atoms with Crippen LogP contribution in [-0.4, -0.2) is 21.6 Å². The number of aryl methyl sites for hydroxylation is 1. The molecule has 164 valence electrons. The second kappa shape index (κ2) is 9.38. The number of fused-ring (bicyclic) bond motifs is 5. The summed E-state index contributed by atoms with van der Waals surface area (Å²) in [7, 11) is 0. The van der Waals surface area contributed by atoms with Crippen LogP contribution in [0.5, 0.6) is 0 Å². The molecule has 2 aliphatic heterocycles. The molecule has 0 fully saturated rings. The van der Waals surface area contributed by atoms with Gasteiger partial charge in [-0.3, -0.25) is 4.79 Å². The van der Waals surface area contributed by atoms with E-state index in [2.05, 4.69) is 55.6 Å². The maximum atomic E-state index is 12.7. The van der Waals surface area contributed by atoms with Gasteiger partial charge in [-0.1, -0.05) is 23.8 Å². The summed E-state index contributed by atoms with van der Waals surface area (Å²) in [6.45, 7) is 0. The molecule has 3 heterocycles. The third-order valence-electron chi connectivity index (χ3n) is 5.73. The van der Waals surface area contributed by atoms with Crippen molar-refractivity contribution in [2.45, 2.75) is 32.1 Å². The minimum absolute atomic E-state index is 0.0498. The van der Waals surface area contributed by atoms with Gasteiger partial charge in [-0.05, 0) is 72.4 Å². The highest BCUT2D eigenvalue weighted by atomic mass is 35.5. The van der Waals surface area contributed by atoms with Crippen LogP contribution >= 0.6 is 23.4 Å². The van der Waals surface area contributed by atoms with Gasteiger partial charge in [0.2, 0.25) is 11.9 Å². The summed E-state index contributed by atoms with van der Waals surface area (Å²) in [6.07, 6.45) is 12.3. The monoisotopic (exact) mass is 465 g/mol.